The quantitative estimate of drug-likeness (QED) is 0.220. The van der Waals surface area contributed by atoms with Crippen molar-refractivity contribution in [3.05, 3.63) is 0 Å². The fourth-order valence-corrected chi connectivity index (χ4v) is 1.12. The highest BCUT2D eigenvalue weighted by Crippen LogP contribution is 2.19. The molecule has 0 amide bonds. The fraction of sp³-hybridized carbons (Fsp3) is 0.833. The molecule has 0 unspecified atom stereocenters. The summed E-state index contributed by atoms with van der Waals surface area (Å²) in [5, 5.41) is 37.8. The van der Waals surface area contributed by atoms with Gasteiger partial charge < -0.3 is 25.3 Å². The van der Waals surface area contributed by atoms with Gasteiger partial charge in [0, 0.05) is 0 Å². The Morgan fingerprint density at radius 1 is 1.33 bits per heavy atom. The summed E-state index contributed by atoms with van der Waals surface area (Å²) in [6.45, 7) is -0.381. The summed E-state index contributed by atoms with van der Waals surface area (Å²) in [4.78, 5) is 0. The topological polar surface area (TPSA) is 103 Å². The van der Waals surface area contributed by atoms with E-state index in [1.807, 2.05) is 0 Å². The smallest absolute Gasteiger partial charge is 0.125 e. The Kier molecular flexibility index (Phi) is 2.99. The average Bonchev–Trinajstić information content (AvgIpc) is 2.33. The van der Waals surface area contributed by atoms with Crippen LogP contribution in [0, 0.1) is 0 Å². The molecule has 4 atom stereocenters. The Bertz CT molecular complexity index is 173. The maximum absolute atomic E-state index is 9.20. The SMILES string of the molecule is OC[C@H]1O[C@H](/C=N\O)[C@@H](O)[C@@H]1O. The van der Waals surface area contributed by atoms with Gasteiger partial charge in [0.25, 0.3) is 0 Å². The van der Waals surface area contributed by atoms with Crippen LogP contribution in [0.1, 0.15) is 0 Å². The van der Waals surface area contributed by atoms with Crippen LogP contribution in [-0.4, -0.2) is 57.8 Å². The third kappa shape index (κ3) is 1.56. The normalized spacial score (nSPS) is 42.6. The Balaban J connectivity index is 2.60. The van der Waals surface area contributed by atoms with E-state index in [1.165, 1.54) is 0 Å². The standard InChI is InChI=1S/C6H11NO5/c8-2-4-6(10)5(9)3(12-4)1-7-11/h1,3-6,8-11H,2H2/b7-1-/t3-,4-,5-,6-/m1/s1. The average molecular weight is 177 g/mol. The van der Waals surface area contributed by atoms with Gasteiger partial charge in [0.2, 0.25) is 0 Å². The number of hydrogen-bond donors (Lipinski definition) is 4. The lowest BCUT2D eigenvalue weighted by atomic mass is 10.1. The highest BCUT2D eigenvalue weighted by atomic mass is 16.6. The van der Waals surface area contributed by atoms with Crippen LogP contribution in [0.3, 0.4) is 0 Å². The lowest BCUT2D eigenvalue weighted by Crippen LogP contribution is -2.34. The fourth-order valence-electron chi connectivity index (χ4n) is 1.12. The van der Waals surface area contributed by atoms with Gasteiger partial charge in [-0.05, 0) is 0 Å². The van der Waals surface area contributed by atoms with Gasteiger partial charge in [0.15, 0.2) is 0 Å². The van der Waals surface area contributed by atoms with Gasteiger partial charge >= 0.3 is 0 Å². The molecule has 0 radical (unpaired) electrons. The maximum Gasteiger partial charge on any atom is 0.125 e. The molecule has 1 aliphatic heterocycles. The molecule has 1 heterocycles. The summed E-state index contributed by atoms with van der Waals surface area (Å²) in [6, 6.07) is 0. The van der Waals surface area contributed by atoms with Crippen LogP contribution in [0.5, 0.6) is 0 Å². The van der Waals surface area contributed by atoms with Crippen LogP contribution in [0.15, 0.2) is 5.16 Å². The first-order chi connectivity index (χ1) is 5.70. The highest BCUT2D eigenvalue weighted by molar-refractivity contribution is 5.64. The summed E-state index contributed by atoms with van der Waals surface area (Å²) in [7, 11) is 0. The number of rotatable bonds is 2. The molecule has 0 spiro atoms. The van der Waals surface area contributed by atoms with Gasteiger partial charge in [0.05, 0.1) is 12.8 Å². The molecule has 1 saturated heterocycles. The predicted octanol–water partition coefficient (Wildman–Crippen LogP) is -2.07. The van der Waals surface area contributed by atoms with Crippen molar-refractivity contribution in [2.24, 2.45) is 5.16 Å². The van der Waals surface area contributed by atoms with Crippen molar-refractivity contribution in [2.75, 3.05) is 6.61 Å². The molecule has 1 fully saturated rings. The van der Waals surface area contributed by atoms with Gasteiger partial charge in [-0.15, -0.1) is 0 Å². The van der Waals surface area contributed by atoms with Crippen molar-refractivity contribution in [1.82, 2.24) is 0 Å². The molecule has 0 aliphatic carbocycles. The van der Waals surface area contributed by atoms with Crippen molar-refractivity contribution in [1.29, 1.82) is 0 Å². The second-order valence-corrected chi connectivity index (χ2v) is 2.57. The second-order valence-electron chi connectivity index (χ2n) is 2.57. The third-order valence-electron chi connectivity index (χ3n) is 1.79. The van der Waals surface area contributed by atoms with Gasteiger partial charge in [-0.3, -0.25) is 0 Å². The molecule has 12 heavy (non-hydrogen) atoms. The summed E-state index contributed by atoms with van der Waals surface area (Å²) in [5.41, 5.74) is 0. The first kappa shape index (κ1) is 9.40. The Labute approximate surface area is 68.7 Å². The maximum atomic E-state index is 9.20. The zero-order chi connectivity index (χ0) is 9.14. The minimum Gasteiger partial charge on any atom is -0.411 e. The van der Waals surface area contributed by atoms with E-state index in [0.717, 1.165) is 6.21 Å². The Hall–Kier alpha value is -0.690. The van der Waals surface area contributed by atoms with Gasteiger partial charge in [-0.25, -0.2) is 0 Å². The van der Waals surface area contributed by atoms with Crippen LogP contribution in [0.25, 0.3) is 0 Å². The van der Waals surface area contributed by atoms with Crippen LogP contribution in [0.2, 0.25) is 0 Å². The molecule has 0 aromatic heterocycles. The minimum atomic E-state index is -1.15. The largest absolute Gasteiger partial charge is 0.411 e. The van der Waals surface area contributed by atoms with Crippen LogP contribution in [-0.2, 0) is 4.74 Å². The van der Waals surface area contributed by atoms with E-state index in [4.69, 9.17) is 15.1 Å². The highest BCUT2D eigenvalue weighted by Gasteiger charge is 2.41. The lowest BCUT2D eigenvalue weighted by molar-refractivity contribution is -0.00975. The summed E-state index contributed by atoms with van der Waals surface area (Å²) in [5.74, 6) is 0. The second kappa shape index (κ2) is 3.81. The van der Waals surface area contributed by atoms with Crippen LogP contribution in [0.4, 0.5) is 0 Å². The molecule has 6 heteroatoms. The van der Waals surface area contributed by atoms with Crippen molar-refractivity contribution < 1.29 is 25.3 Å². The number of hydrogen-bond acceptors (Lipinski definition) is 6. The first-order valence-corrected chi connectivity index (χ1v) is 3.50. The van der Waals surface area contributed by atoms with E-state index in [-0.39, 0.29) is 6.61 Å². The molecule has 4 N–H and O–H groups in total. The van der Waals surface area contributed by atoms with Crippen molar-refractivity contribution in [3.8, 4) is 0 Å². The summed E-state index contributed by atoms with van der Waals surface area (Å²) in [6.07, 6.45) is -3.01. The Morgan fingerprint density at radius 2 is 2.00 bits per heavy atom. The minimum absolute atomic E-state index is 0.381. The van der Waals surface area contributed by atoms with E-state index in [1.54, 1.807) is 0 Å². The van der Waals surface area contributed by atoms with Crippen molar-refractivity contribution >= 4 is 6.21 Å². The number of aliphatic hydroxyl groups excluding tert-OH is 3. The summed E-state index contributed by atoms with van der Waals surface area (Å²) >= 11 is 0. The molecule has 6 nitrogen and oxygen atoms in total. The lowest BCUT2D eigenvalue weighted by Gasteiger charge is -2.10. The van der Waals surface area contributed by atoms with E-state index >= 15 is 0 Å². The van der Waals surface area contributed by atoms with E-state index < -0.39 is 24.4 Å². The van der Waals surface area contributed by atoms with Gasteiger partial charge in [0.1, 0.15) is 24.4 Å². The number of oxime groups is 1. The number of aliphatic hydroxyl groups is 3. The monoisotopic (exact) mass is 177 g/mol. The molecular formula is C6H11NO5. The molecular weight excluding hydrogens is 166 g/mol. The first-order valence-electron chi connectivity index (χ1n) is 3.50. The third-order valence-corrected chi connectivity index (χ3v) is 1.79. The zero-order valence-electron chi connectivity index (χ0n) is 6.24. The number of ether oxygens (including phenoxy) is 1. The molecule has 0 aromatic rings. The molecule has 0 saturated carbocycles. The van der Waals surface area contributed by atoms with Crippen LogP contribution >= 0.6 is 0 Å². The van der Waals surface area contributed by atoms with Crippen LogP contribution < -0.4 is 0 Å². The van der Waals surface area contributed by atoms with E-state index in [2.05, 4.69) is 5.16 Å². The predicted molar refractivity (Wildman–Crippen MR) is 38.0 cm³/mol. The molecule has 1 aliphatic rings. The summed E-state index contributed by atoms with van der Waals surface area (Å²) < 4.78 is 4.92. The molecule has 0 bridgehead atoms. The molecule has 0 aromatic carbocycles. The van der Waals surface area contributed by atoms with E-state index in [0.29, 0.717) is 0 Å². The van der Waals surface area contributed by atoms with Crippen molar-refractivity contribution in [3.63, 3.8) is 0 Å². The van der Waals surface area contributed by atoms with E-state index in [9.17, 15) is 10.2 Å². The molecule has 1 rings (SSSR count). The van der Waals surface area contributed by atoms with Gasteiger partial charge in [-0.1, -0.05) is 5.16 Å². The zero-order valence-corrected chi connectivity index (χ0v) is 6.24. The van der Waals surface area contributed by atoms with Crippen molar-refractivity contribution in [2.45, 2.75) is 24.4 Å². The molecule has 70 valence electrons. The number of nitrogens with zero attached hydrogens (tertiary/aromatic N) is 1. The van der Waals surface area contributed by atoms with Gasteiger partial charge in [-0.2, -0.15) is 0 Å². The Morgan fingerprint density at radius 3 is 2.42 bits per heavy atom.